The minimum atomic E-state index is -0.940. The molecule has 0 aliphatic carbocycles. The fourth-order valence-electron chi connectivity index (χ4n) is 2.09. The van der Waals surface area contributed by atoms with Crippen molar-refractivity contribution in [2.24, 2.45) is 10.7 Å². The molecule has 0 spiro atoms. The van der Waals surface area contributed by atoms with Gasteiger partial charge in [-0.2, -0.15) is 0 Å². The predicted molar refractivity (Wildman–Crippen MR) is 68.1 cm³/mol. The maximum absolute atomic E-state index is 9.78. The summed E-state index contributed by atoms with van der Waals surface area (Å²) in [4.78, 5) is 3.83. The van der Waals surface area contributed by atoms with Crippen molar-refractivity contribution in [2.75, 3.05) is 17.7 Å². The molecule has 98 valence electrons. The van der Waals surface area contributed by atoms with Gasteiger partial charge in [0.1, 0.15) is 17.5 Å². The summed E-state index contributed by atoms with van der Waals surface area (Å²) in [6.07, 6.45) is 0.701. The van der Waals surface area contributed by atoms with Crippen LogP contribution in [0, 0.1) is 0 Å². The zero-order chi connectivity index (χ0) is 12.7. The normalized spacial score (nSPS) is 30.8. The second-order valence-electron chi connectivity index (χ2n) is 4.08. The molecule has 1 aromatic rings. The van der Waals surface area contributed by atoms with Crippen molar-refractivity contribution in [2.45, 2.75) is 17.9 Å². The molecule has 8 heteroatoms. The highest BCUT2D eigenvalue weighted by Gasteiger charge is 2.30. The lowest BCUT2D eigenvalue weighted by Crippen LogP contribution is -2.30. The number of anilines is 1. The van der Waals surface area contributed by atoms with E-state index in [0.717, 1.165) is 5.75 Å². The van der Waals surface area contributed by atoms with Crippen LogP contribution < -0.4 is 11.1 Å². The Balaban J connectivity index is 1.88. The lowest BCUT2D eigenvalue weighted by molar-refractivity contribution is -0.00259. The van der Waals surface area contributed by atoms with Crippen molar-refractivity contribution < 1.29 is 14.9 Å². The number of aliphatic hydroxyl groups excluding tert-OH is 2. The number of hydrogen-bond acceptors (Lipinski definition) is 7. The van der Waals surface area contributed by atoms with Gasteiger partial charge in [-0.1, -0.05) is 0 Å². The van der Waals surface area contributed by atoms with Gasteiger partial charge in [-0.3, -0.25) is 0 Å². The molecule has 5 N–H and O–H groups in total. The van der Waals surface area contributed by atoms with Crippen LogP contribution in [0.25, 0.3) is 0 Å². The number of aromatic nitrogens is 1. The van der Waals surface area contributed by atoms with Crippen molar-refractivity contribution in [1.82, 2.24) is 4.57 Å². The third-order valence-electron chi connectivity index (χ3n) is 2.93. The summed E-state index contributed by atoms with van der Waals surface area (Å²) in [6.45, 7) is -0.00965. The maximum atomic E-state index is 9.78. The lowest BCUT2D eigenvalue weighted by Gasteiger charge is -2.22. The molecule has 0 aromatic carbocycles. The summed E-state index contributed by atoms with van der Waals surface area (Å²) < 4.78 is 7.53. The van der Waals surface area contributed by atoms with E-state index in [4.69, 9.17) is 15.6 Å². The van der Waals surface area contributed by atoms with E-state index < -0.39 is 6.23 Å². The zero-order valence-corrected chi connectivity index (χ0v) is 10.3. The SMILES string of the molecule is NC1=NC(O)c2ccn([C@H]3CS[C@@H](CO)O3)c2N1. The lowest BCUT2D eigenvalue weighted by atomic mass is 10.2. The van der Waals surface area contributed by atoms with Gasteiger partial charge in [-0.25, -0.2) is 4.99 Å². The Hall–Kier alpha value is -1.22. The highest BCUT2D eigenvalue weighted by Crippen LogP contribution is 2.37. The number of hydrogen-bond donors (Lipinski definition) is 4. The van der Waals surface area contributed by atoms with Crippen molar-refractivity contribution in [3.63, 3.8) is 0 Å². The molecule has 0 saturated carbocycles. The Morgan fingerprint density at radius 3 is 3.22 bits per heavy atom. The second kappa shape index (κ2) is 4.47. The number of rotatable bonds is 2. The quantitative estimate of drug-likeness (QED) is 0.593. The molecule has 1 saturated heterocycles. The summed E-state index contributed by atoms with van der Waals surface area (Å²) in [5, 5.41) is 21.8. The first-order chi connectivity index (χ1) is 8.69. The van der Waals surface area contributed by atoms with Crippen LogP contribution in [0.15, 0.2) is 17.3 Å². The molecule has 0 bridgehead atoms. The van der Waals surface area contributed by atoms with E-state index >= 15 is 0 Å². The number of nitrogens with two attached hydrogens (primary N) is 1. The van der Waals surface area contributed by atoms with Gasteiger partial charge in [0.15, 0.2) is 12.2 Å². The van der Waals surface area contributed by atoms with Gasteiger partial charge in [0.05, 0.1) is 6.61 Å². The van der Waals surface area contributed by atoms with Crippen LogP contribution in [0.2, 0.25) is 0 Å². The number of thioether (sulfide) groups is 1. The Morgan fingerprint density at radius 1 is 1.67 bits per heavy atom. The smallest absolute Gasteiger partial charge is 0.197 e. The van der Waals surface area contributed by atoms with Crippen LogP contribution in [0.3, 0.4) is 0 Å². The van der Waals surface area contributed by atoms with Gasteiger partial charge < -0.3 is 30.6 Å². The van der Waals surface area contributed by atoms with Gasteiger partial charge in [0.25, 0.3) is 0 Å². The fraction of sp³-hybridized carbons (Fsp3) is 0.500. The summed E-state index contributed by atoms with van der Waals surface area (Å²) in [5.74, 6) is 1.61. The van der Waals surface area contributed by atoms with E-state index in [2.05, 4.69) is 10.3 Å². The molecular weight excluding hydrogens is 256 g/mol. The van der Waals surface area contributed by atoms with E-state index in [-0.39, 0.29) is 24.2 Å². The molecule has 1 aromatic heterocycles. The van der Waals surface area contributed by atoms with Crippen LogP contribution in [0.4, 0.5) is 5.82 Å². The summed E-state index contributed by atoms with van der Waals surface area (Å²) in [5.41, 5.74) is 6.07. The number of ether oxygens (including phenoxy) is 1. The highest BCUT2D eigenvalue weighted by molar-refractivity contribution is 8.00. The summed E-state index contributed by atoms with van der Waals surface area (Å²) >= 11 is 1.56. The van der Waals surface area contributed by atoms with E-state index in [1.807, 2.05) is 10.8 Å². The Morgan fingerprint density at radius 2 is 2.50 bits per heavy atom. The van der Waals surface area contributed by atoms with Crippen molar-refractivity contribution >= 4 is 23.5 Å². The molecule has 18 heavy (non-hydrogen) atoms. The monoisotopic (exact) mass is 270 g/mol. The Bertz CT molecular complexity index is 489. The van der Waals surface area contributed by atoms with E-state index in [0.29, 0.717) is 11.4 Å². The van der Waals surface area contributed by atoms with Crippen LogP contribution >= 0.6 is 11.8 Å². The van der Waals surface area contributed by atoms with Crippen LogP contribution in [0.1, 0.15) is 18.0 Å². The van der Waals surface area contributed by atoms with Gasteiger partial charge in [0, 0.05) is 17.5 Å². The molecule has 0 radical (unpaired) electrons. The topological polar surface area (TPSA) is 105 Å². The van der Waals surface area contributed by atoms with E-state index in [1.54, 1.807) is 17.8 Å². The first-order valence-electron chi connectivity index (χ1n) is 5.56. The molecule has 1 unspecified atom stereocenters. The van der Waals surface area contributed by atoms with E-state index in [9.17, 15) is 5.11 Å². The molecule has 7 nitrogen and oxygen atoms in total. The summed E-state index contributed by atoms with van der Waals surface area (Å²) in [7, 11) is 0. The first kappa shape index (κ1) is 11.8. The summed E-state index contributed by atoms with van der Waals surface area (Å²) in [6, 6.07) is 1.78. The molecule has 1 fully saturated rings. The standard InChI is InChI=1S/C10H14N4O3S/c11-10-12-8-5(9(16)13-10)1-2-14(8)6-4-18-7(3-15)17-6/h1-2,6-7,9,15-16H,3-4H2,(H3,11,12,13)/t6-,7+,9?/m1/s1. The highest BCUT2D eigenvalue weighted by atomic mass is 32.2. The molecule has 2 aliphatic heterocycles. The number of fused-ring (bicyclic) bond motifs is 1. The third kappa shape index (κ3) is 1.87. The minimum Gasteiger partial charge on any atom is -0.393 e. The average molecular weight is 270 g/mol. The van der Waals surface area contributed by atoms with E-state index in [1.165, 1.54) is 0 Å². The number of aliphatic hydroxyl groups is 2. The zero-order valence-electron chi connectivity index (χ0n) is 9.48. The maximum Gasteiger partial charge on any atom is 0.197 e. The van der Waals surface area contributed by atoms with Crippen LogP contribution in [-0.2, 0) is 4.74 Å². The molecule has 3 rings (SSSR count). The predicted octanol–water partition coefficient (Wildman–Crippen LogP) is -0.200. The first-order valence-corrected chi connectivity index (χ1v) is 6.61. The Kier molecular flexibility index (Phi) is 2.94. The largest absolute Gasteiger partial charge is 0.393 e. The number of nitrogens with one attached hydrogen (secondary N) is 1. The number of guanidine groups is 1. The molecule has 3 heterocycles. The van der Waals surface area contributed by atoms with Gasteiger partial charge >= 0.3 is 0 Å². The van der Waals surface area contributed by atoms with Crippen LogP contribution in [0.5, 0.6) is 0 Å². The number of aliphatic imine (C=N–C) groups is 1. The molecular formula is C10H14N4O3S. The third-order valence-corrected chi connectivity index (χ3v) is 4.03. The molecule has 2 aliphatic rings. The van der Waals surface area contributed by atoms with Gasteiger partial charge in [-0.15, -0.1) is 11.8 Å². The van der Waals surface area contributed by atoms with Gasteiger partial charge in [-0.05, 0) is 6.07 Å². The van der Waals surface area contributed by atoms with Gasteiger partial charge in [0.2, 0.25) is 0 Å². The van der Waals surface area contributed by atoms with Crippen molar-refractivity contribution in [3.05, 3.63) is 17.8 Å². The molecule has 3 atom stereocenters. The van der Waals surface area contributed by atoms with Crippen molar-refractivity contribution in [3.8, 4) is 0 Å². The fourth-order valence-corrected chi connectivity index (χ4v) is 3.02. The van der Waals surface area contributed by atoms with Crippen LogP contribution in [-0.4, -0.2) is 38.5 Å². The number of nitrogens with zero attached hydrogens (tertiary/aromatic N) is 2. The Labute approximate surface area is 108 Å². The minimum absolute atomic E-state index is 0.00965. The molecule has 0 amide bonds. The second-order valence-corrected chi connectivity index (χ2v) is 5.27. The average Bonchev–Trinajstić information content (AvgIpc) is 2.93. The van der Waals surface area contributed by atoms with Crippen molar-refractivity contribution in [1.29, 1.82) is 0 Å².